The molecule has 0 atom stereocenters. The Morgan fingerprint density at radius 2 is 1.75 bits per heavy atom. The standard InChI is InChI=1S/C26H27N5O/c1-19(2)16-17-32-22-14-12-20(13-15-22)18-27-31-26(28-21-8-4-3-5-9-21)25-29-23-10-6-7-11-24(23)30-25/h3-15,18-19H,16-17H2,1-2H3,(H,28,31)(H,29,30). The van der Waals surface area contributed by atoms with Crippen molar-refractivity contribution in [2.24, 2.45) is 16.0 Å². The van der Waals surface area contributed by atoms with Crippen LogP contribution in [0.15, 0.2) is 89.0 Å². The fraction of sp³-hybridized carbons (Fsp3) is 0.192. The Labute approximate surface area is 188 Å². The van der Waals surface area contributed by atoms with Gasteiger partial charge in [-0.15, -0.1) is 0 Å². The number of imidazole rings is 1. The van der Waals surface area contributed by atoms with Crippen molar-refractivity contribution in [3.05, 3.63) is 90.3 Å². The van der Waals surface area contributed by atoms with Gasteiger partial charge in [0, 0.05) is 0 Å². The van der Waals surface area contributed by atoms with E-state index in [4.69, 9.17) is 9.73 Å². The Morgan fingerprint density at radius 1 is 1.00 bits per heavy atom. The first-order chi connectivity index (χ1) is 15.7. The molecule has 3 aromatic carbocycles. The highest BCUT2D eigenvalue weighted by atomic mass is 16.5. The molecule has 1 aromatic heterocycles. The Kier molecular flexibility index (Phi) is 6.92. The average molecular weight is 426 g/mol. The van der Waals surface area contributed by atoms with Gasteiger partial charge in [0.05, 0.1) is 29.5 Å². The number of nitrogens with one attached hydrogen (secondary N) is 2. The van der Waals surface area contributed by atoms with Gasteiger partial charge < -0.3 is 9.72 Å². The van der Waals surface area contributed by atoms with E-state index < -0.39 is 0 Å². The summed E-state index contributed by atoms with van der Waals surface area (Å²) in [7, 11) is 0. The first-order valence-corrected chi connectivity index (χ1v) is 10.8. The number of hydrazone groups is 1. The van der Waals surface area contributed by atoms with Crippen molar-refractivity contribution in [1.29, 1.82) is 0 Å². The van der Waals surface area contributed by atoms with E-state index in [9.17, 15) is 0 Å². The van der Waals surface area contributed by atoms with Crippen LogP contribution in [0.2, 0.25) is 0 Å². The largest absolute Gasteiger partial charge is 0.494 e. The lowest BCUT2D eigenvalue weighted by molar-refractivity contribution is 0.289. The minimum Gasteiger partial charge on any atom is -0.494 e. The van der Waals surface area contributed by atoms with Gasteiger partial charge >= 0.3 is 0 Å². The van der Waals surface area contributed by atoms with E-state index in [0.29, 0.717) is 17.6 Å². The van der Waals surface area contributed by atoms with Crippen LogP contribution in [0.1, 0.15) is 31.7 Å². The van der Waals surface area contributed by atoms with Gasteiger partial charge in [-0.3, -0.25) is 5.43 Å². The van der Waals surface area contributed by atoms with Crippen molar-refractivity contribution < 1.29 is 4.74 Å². The third kappa shape index (κ3) is 5.82. The molecule has 0 aliphatic carbocycles. The van der Waals surface area contributed by atoms with E-state index in [-0.39, 0.29) is 0 Å². The summed E-state index contributed by atoms with van der Waals surface area (Å²) in [5, 5.41) is 4.39. The molecule has 0 radical (unpaired) electrons. The van der Waals surface area contributed by atoms with Crippen molar-refractivity contribution in [2.45, 2.75) is 20.3 Å². The zero-order valence-corrected chi connectivity index (χ0v) is 18.3. The minimum atomic E-state index is 0.539. The molecule has 0 saturated heterocycles. The summed E-state index contributed by atoms with van der Waals surface area (Å²) in [5.41, 5.74) is 6.64. The van der Waals surface area contributed by atoms with Crippen LogP contribution in [0, 0.1) is 5.92 Å². The third-order valence-corrected chi connectivity index (χ3v) is 4.84. The minimum absolute atomic E-state index is 0.539. The summed E-state index contributed by atoms with van der Waals surface area (Å²) in [5.74, 6) is 2.66. The first kappa shape index (κ1) is 21.3. The third-order valence-electron chi connectivity index (χ3n) is 4.84. The normalized spacial score (nSPS) is 12.0. The molecule has 0 amide bonds. The van der Waals surface area contributed by atoms with Gasteiger partial charge in [-0.1, -0.05) is 44.2 Å². The maximum absolute atomic E-state index is 5.78. The summed E-state index contributed by atoms with van der Waals surface area (Å²) >= 11 is 0. The van der Waals surface area contributed by atoms with E-state index in [1.165, 1.54) is 0 Å². The van der Waals surface area contributed by atoms with Crippen LogP contribution < -0.4 is 10.2 Å². The molecule has 0 aliphatic rings. The number of aromatic amines is 1. The molecule has 1 heterocycles. The van der Waals surface area contributed by atoms with Crippen LogP contribution in [-0.4, -0.2) is 28.6 Å². The maximum atomic E-state index is 5.78. The zero-order valence-electron chi connectivity index (χ0n) is 18.3. The predicted molar refractivity (Wildman–Crippen MR) is 131 cm³/mol. The van der Waals surface area contributed by atoms with E-state index >= 15 is 0 Å². The van der Waals surface area contributed by atoms with E-state index in [2.05, 4.69) is 34.3 Å². The molecule has 4 aromatic rings. The number of aromatic nitrogens is 2. The fourth-order valence-corrected chi connectivity index (χ4v) is 3.06. The number of H-pyrrole nitrogens is 1. The second-order valence-corrected chi connectivity index (χ2v) is 7.87. The molecule has 2 N–H and O–H groups in total. The van der Waals surface area contributed by atoms with Gasteiger partial charge in [0.25, 0.3) is 0 Å². The Morgan fingerprint density at radius 3 is 2.50 bits per heavy atom. The molecule has 0 bridgehead atoms. The van der Waals surface area contributed by atoms with Crippen LogP contribution in [0.25, 0.3) is 11.0 Å². The Hall–Kier alpha value is -3.93. The lowest BCUT2D eigenvalue weighted by atomic mass is 10.1. The molecule has 4 rings (SSSR count). The molecular weight excluding hydrogens is 398 g/mol. The van der Waals surface area contributed by atoms with Crippen LogP contribution in [0.4, 0.5) is 5.69 Å². The van der Waals surface area contributed by atoms with Gasteiger partial charge in [-0.2, -0.15) is 5.10 Å². The van der Waals surface area contributed by atoms with Gasteiger partial charge in [-0.25, -0.2) is 9.98 Å². The predicted octanol–water partition coefficient (Wildman–Crippen LogP) is 5.69. The Balaban J connectivity index is 1.49. The number of hydrogen-bond donors (Lipinski definition) is 2. The van der Waals surface area contributed by atoms with Crippen molar-refractivity contribution >= 4 is 28.8 Å². The highest BCUT2D eigenvalue weighted by Crippen LogP contribution is 2.15. The molecule has 0 unspecified atom stereocenters. The highest BCUT2D eigenvalue weighted by molar-refractivity contribution is 6.00. The summed E-state index contributed by atoms with van der Waals surface area (Å²) in [6.07, 6.45) is 2.79. The van der Waals surface area contributed by atoms with Crippen molar-refractivity contribution in [1.82, 2.24) is 15.4 Å². The SMILES string of the molecule is CC(C)CCOc1ccc(C=NNC(=Nc2ccccc2)c2nc3ccccc3[nH]2)cc1. The van der Waals surface area contributed by atoms with Gasteiger partial charge in [0.15, 0.2) is 11.7 Å². The smallest absolute Gasteiger partial charge is 0.190 e. The quantitative estimate of drug-likeness (QED) is 0.216. The number of ether oxygens (including phenoxy) is 1. The molecule has 32 heavy (non-hydrogen) atoms. The van der Waals surface area contributed by atoms with Crippen molar-refractivity contribution in [3.8, 4) is 5.75 Å². The second-order valence-electron chi connectivity index (χ2n) is 7.87. The fourth-order valence-electron chi connectivity index (χ4n) is 3.06. The van der Waals surface area contributed by atoms with E-state index in [1.54, 1.807) is 6.21 Å². The summed E-state index contributed by atoms with van der Waals surface area (Å²) < 4.78 is 5.78. The monoisotopic (exact) mass is 425 g/mol. The number of benzene rings is 3. The van der Waals surface area contributed by atoms with Crippen LogP contribution in [0.5, 0.6) is 5.75 Å². The molecule has 6 nitrogen and oxygen atoms in total. The summed E-state index contributed by atoms with van der Waals surface area (Å²) in [6, 6.07) is 25.5. The van der Waals surface area contributed by atoms with Gasteiger partial charge in [0.2, 0.25) is 0 Å². The zero-order chi connectivity index (χ0) is 22.2. The molecule has 162 valence electrons. The highest BCUT2D eigenvalue weighted by Gasteiger charge is 2.09. The molecule has 0 aliphatic heterocycles. The number of nitrogens with zero attached hydrogens (tertiary/aromatic N) is 3. The van der Waals surface area contributed by atoms with Gasteiger partial charge in [-0.05, 0) is 66.4 Å². The number of rotatable bonds is 8. The maximum Gasteiger partial charge on any atom is 0.190 e. The van der Waals surface area contributed by atoms with Crippen LogP contribution in [-0.2, 0) is 0 Å². The number of fused-ring (bicyclic) bond motifs is 1. The molecule has 0 fully saturated rings. The van der Waals surface area contributed by atoms with Crippen molar-refractivity contribution in [2.75, 3.05) is 6.61 Å². The summed E-state index contributed by atoms with van der Waals surface area (Å²) in [6.45, 7) is 5.11. The molecule has 0 saturated carbocycles. The van der Waals surface area contributed by atoms with E-state index in [1.807, 2.05) is 78.9 Å². The summed E-state index contributed by atoms with van der Waals surface area (Å²) in [4.78, 5) is 12.6. The topological polar surface area (TPSA) is 74.7 Å². The molecular formula is C26H27N5O. The molecule has 0 spiro atoms. The number of para-hydroxylation sites is 3. The number of amidine groups is 1. The van der Waals surface area contributed by atoms with Gasteiger partial charge in [0.1, 0.15) is 5.75 Å². The van der Waals surface area contributed by atoms with Crippen molar-refractivity contribution in [3.63, 3.8) is 0 Å². The lowest BCUT2D eigenvalue weighted by Gasteiger charge is -2.08. The second kappa shape index (κ2) is 10.4. The average Bonchev–Trinajstić information content (AvgIpc) is 3.24. The number of aliphatic imine (C=N–C) groups is 1. The van der Waals surface area contributed by atoms with Crippen LogP contribution in [0.3, 0.4) is 0 Å². The molecule has 6 heteroatoms. The number of hydrogen-bond acceptors (Lipinski definition) is 4. The van der Waals surface area contributed by atoms with Crippen LogP contribution >= 0.6 is 0 Å². The first-order valence-electron chi connectivity index (χ1n) is 10.8. The lowest BCUT2D eigenvalue weighted by Crippen LogP contribution is -2.20. The van der Waals surface area contributed by atoms with E-state index in [0.717, 1.165) is 41.1 Å². The Bertz CT molecular complexity index is 1160.